The van der Waals surface area contributed by atoms with Gasteiger partial charge in [-0.3, -0.25) is 9.59 Å². The Bertz CT molecular complexity index is 1390. The van der Waals surface area contributed by atoms with Gasteiger partial charge in [0, 0.05) is 47.2 Å². The number of halogens is 1. The molecule has 0 saturated carbocycles. The topological polar surface area (TPSA) is 62.5 Å². The van der Waals surface area contributed by atoms with Crippen LogP contribution in [0.2, 0.25) is 0 Å². The molecule has 0 unspecified atom stereocenters. The predicted octanol–water partition coefficient (Wildman–Crippen LogP) is 5.29. The number of carboxylic acid groups (broad SMARTS) is 1. The summed E-state index contributed by atoms with van der Waals surface area (Å²) in [7, 11) is 0. The van der Waals surface area contributed by atoms with E-state index in [1.54, 1.807) is 15.5 Å². The first-order valence-electron chi connectivity index (χ1n) is 11.4. The minimum atomic E-state index is -0.952. The third-order valence-corrected chi connectivity index (χ3v) is 6.62. The number of benzene rings is 3. The number of carbonyl (C=O) groups is 2. The molecule has 5 rings (SSSR count). The van der Waals surface area contributed by atoms with Crippen LogP contribution in [0.25, 0.3) is 22.0 Å². The minimum Gasteiger partial charge on any atom is -0.480 e. The maximum atomic E-state index is 14.0. The van der Waals surface area contributed by atoms with E-state index in [1.165, 1.54) is 17.7 Å². The summed E-state index contributed by atoms with van der Waals surface area (Å²) in [6, 6.07) is 20.4. The fourth-order valence-electron chi connectivity index (χ4n) is 4.83. The molecular formula is C28H25FN2O3. The SMILES string of the molecule is CCc1ccc(-c2ccc(C(=O)N3CCc4c(c5cc(F)ccc5n4CC(=O)O)C3)cc2)cc1. The van der Waals surface area contributed by atoms with Crippen LogP contribution in [0, 0.1) is 5.82 Å². The van der Waals surface area contributed by atoms with Gasteiger partial charge in [-0.1, -0.05) is 43.3 Å². The average molecular weight is 457 g/mol. The Balaban J connectivity index is 1.41. The van der Waals surface area contributed by atoms with Crippen LogP contribution in [0.5, 0.6) is 0 Å². The first-order valence-corrected chi connectivity index (χ1v) is 11.4. The standard InChI is InChI=1S/C28H25FN2O3/c1-2-18-3-5-19(6-4-18)20-7-9-21(10-8-20)28(34)30-14-13-26-24(16-30)23-15-22(29)11-12-25(23)31(26)17-27(32)33/h3-12,15H,2,13-14,16-17H2,1H3,(H,32,33). The summed E-state index contributed by atoms with van der Waals surface area (Å²) >= 11 is 0. The minimum absolute atomic E-state index is 0.0888. The van der Waals surface area contributed by atoms with Crippen molar-refractivity contribution >= 4 is 22.8 Å². The molecule has 0 aliphatic carbocycles. The number of nitrogens with zero attached hydrogens (tertiary/aromatic N) is 2. The molecule has 0 fully saturated rings. The van der Waals surface area contributed by atoms with Gasteiger partial charge in [-0.25, -0.2) is 4.39 Å². The molecule has 172 valence electrons. The Morgan fingerprint density at radius 2 is 1.65 bits per heavy atom. The molecule has 34 heavy (non-hydrogen) atoms. The average Bonchev–Trinajstić information content (AvgIpc) is 3.15. The van der Waals surface area contributed by atoms with E-state index in [0.717, 1.165) is 28.8 Å². The Hall–Kier alpha value is -3.93. The molecule has 1 N–H and O–H groups in total. The number of rotatable bonds is 5. The van der Waals surface area contributed by atoms with E-state index in [4.69, 9.17) is 0 Å². The largest absolute Gasteiger partial charge is 0.480 e. The highest BCUT2D eigenvalue weighted by Gasteiger charge is 2.28. The number of aliphatic carboxylic acids is 1. The number of amides is 1. The second-order valence-corrected chi connectivity index (χ2v) is 8.67. The van der Waals surface area contributed by atoms with E-state index in [0.29, 0.717) is 36.0 Å². The lowest BCUT2D eigenvalue weighted by Gasteiger charge is -2.28. The Kier molecular flexibility index (Phi) is 5.65. The molecule has 5 nitrogen and oxygen atoms in total. The molecule has 3 aromatic carbocycles. The maximum absolute atomic E-state index is 14.0. The summed E-state index contributed by atoms with van der Waals surface area (Å²) in [5, 5.41) is 10.0. The first-order chi connectivity index (χ1) is 16.4. The molecule has 0 atom stereocenters. The zero-order valence-electron chi connectivity index (χ0n) is 18.9. The van der Waals surface area contributed by atoms with Crippen molar-refractivity contribution in [3.63, 3.8) is 0 Å². The molecule has 6 heteroatoms. The molecule has 1 aliphatic rings. The number of carboxylic acids is 1. The molecule has 0 spiro atoms. The van der Waals surface area contributed by atoms with E-state index in [1.807, 2.05) is 24.3 Å². The van der Waals surface area contributed by atoms with Gasteiger partial charge in [0.15, 0.2) is 0 Å². The van der Waals surface area contributed by atoms with Crippen molar-refractivity contribution in [2.24, 2.45) is 0 Å². The van der Waals surface area contributed by atoms with Gasteiger partial charge in [0.2, 0.25) is 0 Å². The van der Waals surface area contributed by atoms with E-state index < -0.39 is 5.97 Å². The summed E-state index contributed by atoms with van der Waals surface area (Å²) in [6.45, 7) is 2.73. The summed E-state index contributed by atoms with van der Waals surface area (Å²) < 4.78 is 15.7. The number of fused-ring (bicyclic) bond motifs is 3. The van der Waals surface area contributed by atoms with Crippen molar-refractivity contribution < 1.29 is 19.1 Å². The van der Waals surface area contributed by atoms with Crippen LogP contribution in [-0.2, 0) is 30.7 Å². The van der Waals surface area contributed by atoms with Gasteiger partial charge in [-0.2, -0.15) is 0 Å². The lowest BCUT2D eigenvalue weighted by atomic mass is 10.0. The molecule has 4 aromatic rings. The van der Waals surface area contributed by atoms with Crippen molar-refractivity contribution in [3.05, 3.63) is 94.9 Å². The summed E-state index contributed by atoms with van der Waals surface area (Å²) in [6.07, 6.45) is 1.51. The Labute approximate surface area is 197 Å². The van der Waals surface area contributed by atoms with E-state index in [9.17, 15) is 19.1 Å². The van der Waals surface area contributed by atoms with Crippen LogP contribution in [0.15, 0.2) is 66.7 Å². The van der Waals surface area contributed by atoms with Crippen molar-refractivity contribution in [2.45, 2.75) is 32.9 Å². The molecular weight excluding hydrogens is 431 g/mol. The molecule has 1 aromatic heterocycles. The summed E-state index contributed by atoms with van der Waals surface area (Å²) in [5.41, 5.74) is 6.39. The molecule has 0 bridgehead atoms. The fourth-order valence-corrected chi connectivity index (χ4v) is 4.83. The fraction of sp³-hybridized carbons (Fsp3) is 0.214. The normalized spacial score (nSPS) is 13.2. The number of aromatic nitrogens is 1. The van der Waals surface area contributed by atoms with E-state index in [2.05, 4.69) is 31.2 Å². The third kappa shape index (κ3) is 3.96. The number of aryl methyl sites for hydroxylation is 1. The van der Waals surface area contributed by atoms with Crippen LogP contribution in [0.3, 0.4) is 0 Å². The van der Waals surface area contributed by atoms with Crippen molar-refractivity contribution in [2.75, 3.05) is 6.54 Å². The van der Waals surface area contributed by atoms with Crippen LogP contribution in [-0.4, -0.2) is 33.0 Å². The molecule has 1 amide bonds. The van der Waals surface area contributed by atoms with Gasteiger partial charge < -0.3 is 14.6 Å². The second kappa shape index (κ2) is 8.78. The van der Waals surface area contributed by atoms with Gasteiger partial charge >= 0.3 is 5.97 Å². The van der Waals surface area contributed by atoms with Gasteiger partial charge in [-0.15, -0.1) is 0 Å². The smallest absolute Gasteiger partial charge is 0.323 e. The lowest BCUT2D eigenvalue weighted by Crippen LogP contribution is -2.36. The van der Waals surface area contributed by atoms with Crippen LogP contribution in [0.4, 0.5) is 4.39 Å². The number of hydrogen-bond acceptors (Lipinski definition) is 2. The first kappa shape index (κ1) is 21.9. The highest BCUT2D eigenvalue weighted by molar-refractivity contribution is 5.96. The van der Waals surface area contributed by atoms with Crippen molar-refractivity contribution in [1.29, 1.82) is 0 Å². The zero-order chi connectivity index (χ0) is 23.8. The number of hydrogen-bond donors (Lipinski definition) is 1. The molecule has 1 aliphatic heterocycles. The Morgan fingerprint density at radius 1 is 0.971 bits per heavy atom. The highest BCUT2D eigenvalue weighted by atomic mass is 19.1. The van der Waals surface area contributed by atoms with Crippen LogP contribution >= 0.6 is 0 Å². The summed E-state index contributed by atoms with van der Waals surface area (Å²) in [4.78, 5) is 26.5. The monoisotopic (exact) mass is 456 g/mol. The van der Waals surface area contributed by atoms with Crippen molar-refractivity contribution in [3.8, 4) is 11.1 Å². The molecule has 2 heterocycles. The second-order valence-electron chi connectivity index (χ2n) is 8.67. The van der Waals surface area contributed by atoms with Gasteiger partial charge in [0.1, 0.15) is 12.4 Å². The molecule has 0 radical (unpaired) electrons. The van der Waals surface area contributed by atoms with E-state index in [-0.39, 0.29) is 18.3 Å². The third-order valence-electron chi connectivity index (χ3n) is 6.62. The molecule has 0 saturated heterocycles. The van der Waals surface area contributed by atoms with Crippen LogP contribution < -0.4 is 0 Å². The van der Waals surface area contributed by atoms with Crippen LogP contribution in [0.1, 0.15) is 34.1 Å². The number of carbonyl (C=O) groups excluding carboxylic acids is 1. The summed E-state index contributed by atoms with van der Waals surface area (Å²) in [5.74, 6) is -1.42. The highest BCUT2D eigenvalue weighted by Crippen LogP contribution is 2.32. The predicted molar refractivity (Wildman–Crippen MR) is 129 cm³/mol. The van der Waals surface area contributed by atoms with Crippen molar-refractivity contribution in [1.82, 2.24) is 9.47 Å². The lowest BCUT2D eigenvalue weighted by molar-refractivity contribution is -0.137. The van der Waals surface area contributed by atoms with Gasteiger partial charge in [0.25, 0.3) is 5.91 Å². The van der Waals surface area contributed by atoms with Gasteiger partial charge in [-0.05, 0) is 53.4 Å². The van der Waals surface area contributed by atoms with Gasteiger partial charge in [0.05, 0.1) is 0 Å². The zero-order valence-corrected chi connectivity index (χ0v) is 18.9. The quantitative estimate of drug-likeness (QED) is 0.444. The Morgan fingerprint density at radius 3 is 2.29 bits per heavy atom. The maximum Gasteiger partial charge on any atom is 0.323 e. The van der Waals surface area contributed by atoms with E-state index >= 15 is 0 Å².